The summed E-state index contributed by atoms with van der Waals surface area (Å²) in [6, 6.07) is 17.1. The Balaban J connectivity index is 1.72. The van der Waals surface area contributed by atoms with E-state index in [-0.39, 0.29) is 12.1 Å². The van der Waals surface area contributed by atoms with E-state index in [9.17, 15) is 0 Å². The van der Waals surface area contributed by atoms with Crippen molar-refractivity contribution in [3.8, 4) is 5.75 Å². The maximum absolute atomic E-state index is 5.26. The Labute approximate surface area is 141 Å². The quantitative estimate of drug-likeness (QED) is 0.799. The number of aryl methyl sites for hydroxylation is 1. The monoisotopic (exact) mass is 320 g/mol. The normalized spacial score (nSPS) is 19.4. The molecule has 0 saturated carbocycles. The summed E-state index contributed by atoms with van der Waals surface area (Å²) in [7, 11) is 1.69. The minimum Gasteiger partial charge on any atom is -0.497 e. The van der Waals surface area contributed by atoms with Crippen LogP contribution in [0.15, 0.2) is 54.9 Å². The Hall–Kier alpha value is -2.82. The third kappa shape index (κ3) is 2.52. The van der Waals surface area contributed by atoms with E-state index in [0.717, 1.165) is 18.1 Å². The molecule has 1 aromatic heterocycles. The molecule has 24 heavy (non-hydrogen) atoms. The molecule has 0 aliphatic carbocycles. The highest BCUT2D eigenvalue weighted by Crippen LogP contribution is 2.38. The largest absolute Gasteiger partial charge is 0.497 e. The van der Waals surface area contributed by atoms with Crippen molar-refractivity contribution in [3.05, 3.63) is 71.5 Å². The van der Waals surface area contributed by atoms with Crippen LogP contribution in [0, 0.1) is 6.92 Å². The summed E-state index contributed by atoms with van der Waals surface area (Å²) in [5, 5.41) is 7.93. The van der Waals surface area contributed by atoms with Crippen molar-refractivity contribution in [2.24, 2.45) is 0 Å². The van der Waals surface area contributed by atoms with Gasteiger partial charge in [-0.15, -0.1) is 0 Å². The minimum absolute atomic E-state index is 0.178. The second-order valence-corrected chi connectivity index (χ2v) is 6.11. The Morgan fingerprint density at radius 1 is 1.12 bits per heavy atom. The Morgan fingerprint density at radius 3 is 2.67 bits per heavy atom. The number of hydrogen-bond donors (Lipinski definition) is 1. The van der Waals surface area contributed by atoms with Crippen molar-refractivity contribution in [1.82, 2.24) is 14.8 Å². The topological polar surface area (TPSA) is 52.0 Å². The van der Waals surface area contributed by atoms with E-state index in [1.165, 1.54) is 16.7 Å². The highest BCUT2D eigenvalue weighted by Gasteiger charge is 2.30. The summed E-state index contributed by atoms with van der Waals surface area (Å²) in [5.41, 5.74) is 3.80. The zero-order valence-electron chi connectivity index (χ0n) is 13.8. The molecule has 1 aliphatic rings. The Bertz CT molecular complexity index is 841. The number of rotatable bonds is 3. The van der Waals surface area contributed by atoms with Crippen molar-refractivity contribution < 1.29 is 4.74 Å². The van der Waals surface area contributed by atoms with Crippen LogP contribution in [0.3, 0.4) is 0 Å². The molecule has 1 aliphatic heterocycles. The molecule has 0 radical (unpaired) electrons. The summed E-state index contributed by atoms with van der Waals surface area (Å²) in [6.45, 7) is 2.15. The van der Waals surface area contributed by atoms with Gasteiger partial charge in [-0.1, -0.05) is 36.4 Å². The standard InChI is InChI=1S/C19H20N4O/c1-13-5-3-4-6-16(13)18-11-17(22-19-20-12-21-23(18)19)14-7-9-15(24-2)10-8-14/h3-10,12,17-18H,11H2,1-2H3,(H,20,21,22). The minimum atomic E-state index is 0.178. The van der Waals surface area contributed by atoms with Crippen LogP contribution >= 0.6 is 0 Å². The molecule has 0 saturated heterocycles. The van der Waals surface area contributed by atoms with Gasteiger partial charge >= 0.3 is 0 Å². The zero-order chi connectivity index (χ0) is 16.5. The van der Waals surface area contributed by atoms with Gasteiger partial charge in [-0.05, 0) is 42.2 Å². The van der Waals surface area contributed by atoms with Crippen LogP contribution in [0.25, 0.3) is 0 Å². The van der Waals surface area contributed by atoms with Gasteiger partial charge in [0.1, 0.15) is 12.1 Å². The average Bonchev–Trinajstić information content (AvgIpc) is 3.10. The lowest BCUT2D eigenvalue weighted by Crippen LogP contribution is -2.28. The van der Waals surface area contributed by atoms with Crippen molar-refractivity contribution in [2.75, 3.05) is 12.4 Å². The number of methoxy groups -OCH3 is 1. The first-order valence-electron chi connectivity index (χ1n) is 8.12. The van der Waals surface area contributed by atoms with E-state index in [1.807, 2.05) is 16.8 Å². The van der Waals surface area contributed by atoms with Crippen LogP contribution in [-0.4, -0.2) is 21.9 Å². The van der Waals surface area contributed by atoms with Gasteiger partial charge in [0, 0.05) is 0 Å². The first-order chi connectivity index (χ1) is 11.8. The number of anilines is 1. The average molecular weight is 320 g/mol. The maximum Gasteiger partial charge on any atom is 0.222 e. The number of ether oxygens (including phenoxy) is 1. The van der Waals surface area contributed by atoms with E-state index in [4.69, 9.17) is 4.74 Å². The number of benzene rings is 2. The third-order valence-electron chi connectivity index (χ3n) is 4.70. The molecule has 3 aromatic rings. The lowest BCUT2D eigenvalue weighted by atomic mass is 9.91. The molecule has 1 N–H and O–H groups in total. The summed E-state index contributed by atoms with van der Waals surface area (Å²) >= 11 is 0. The third-order valence-corrected chi connectivity index (χ3v) is 4.70. The van der Waals surface area contributed by atoms with Crippen LogP contribution < -0.4 is 10.1 Å². The predicted octanol–water partition coefficient (Wildman–Crippen LogP) is 3.74. The molecule has 122 valence electrons. The number of nitrogens with one attached hydrogen (secondary N) is 1. The SMILES string of the molecule is COc1ccc(C2CC(c3ccccc3C)n3ncnc3N2)cc1. The molecule has 2 unspecified atom stereocenters. The molecule has 4 rings (SSSR count). The fraction of sp³-hybridized carbons (Fsp3) is 0.263. The zero-order valence-corrected chi connectivity index (χ0v) is 13.8. The Kier molecular flexibility index (Phi) is 3.69. The first kappa shape index (κ1) is 14.8. The van der Waals surface area contributed by atoms with E-state index in [1.54, 1.807) is 13.4 Å². The van der Waals surface area contributed by atoms with Gasteiger partial charge in [-0.3, -0.25) is 0 Å². The molecule has 5 heteroatoms. The van der Waals surface area contributed by atoms with Crippen molar-refractivity contribution >= 4 is 5.95 Å². The number of aromatic nitrogens is 3. The summed E-state index contributed by atoms with van der Waals surface area (Å²) in [6.07, 6.45) is 2.54. The van der Waals surface area contributed by atoms with Crippen LogP contribution in [0.4, 0.5) is 5.95 Å². The fourth-order valence-corrected chi connectivity index (χ4v) is 3.39. The van der Waals surface area contributed by atoms with Crippen molar-refractivity contribution in [3.63, 3.8) is 0 Å². The van der Waals surface area contributed by atoms with E-state index in [0.29, 0.717) is 0 Å². The van der Waals surface area contributed by atoms with Gasteiger partial charge in [0.25, 0.3) is 0 Å². The highest BCUT2D eigenvalue weighted by atomic mass is 16.5. The van der Waals surface area contributed by atoms with E-state index < -0.39 is 0 Å². The van der Waals surface area contributed by atoms with Gasteiger partial charge in [0.2, 0.25) is 5.95 Å². The summed E-state index contributed by atoms with van der Waals surface area (Å²) in [5.74, 6) is 1.68. The molecular formula is C19H20N4O. The highest BCUT2D eigenvalue weighted by molar-refractivity contribution is 5.41. The lowest BCUT2D eigenvalue weighted by molar-refractivity contribution is 0.413. The predicted molar refractivity (Wildman–Crippen MR) is 93.3 cm³/mol. The molecule has 2 aromatic carbocycles. The first-order valence-corrected chi connectivity index (χ1v) is 8.12. The molecule has 5 nitrogen and oxygen atoms in total. The van der Waals surface area contributed by atoms with Crippen LogP contribution in [0.1, 0.15) is 35.2 Å². The van der Waals surface area contributed by atoms with Crippen molar-refractivity contribution in [1.29, 1.82) is 0 Å². The van der Waals surface area contributed by atoms with Crippen LogP contribution in [0.5, 0.6) is 5.75 Å². The number of fused-ring (bicyclic) bond motifs is 1. The molecule has 0 amide bonds. The molecule has 0 fully saturated rings. The number of nitrogens with zero attached hydrogens (tertiary/aromatic N) is 3. The maximum atomic E-state index is 5.26. The van der Waals surface area contributed by atoms with E-state index in [2.05, 4.69) is 58.7 Å². The molecule has 0 bridgehead atoms. The van der Waals surface area contributed by atoms with Gasteiger partial charge in [-0.25, -0.2) is 4.68 Å². The Morgan fingerprint density at radius 2 is 1.92 bits per heavy atom. The van der Waals surface area contributed by atoms with Gasteiger partial charge < -0.3 is 10.1 Å². The van der Waals surface area contributed by atoms with Crippen molar-refractivity contribution in [2.45, 2.75) is 25.4 Å². The van der Waals surface area contributed by atoms with Gasteiger partial charge in [0.05, 0.1) is 19.2 Å². The van der Waals surface area contributed by atoms with Crippen LogP contribution in [-0.2, 0) is 0 Å². The summed E-state index contributed by atoms with van der Waals surface area (Å²) in [4.78, 5) is 4.39. The molecular weight excluding hydrogens is 300 g/mol. The smallest absolute Gasteiger partial charge is 0.222 e. The van der Waals surface area contributed by atoms with Gasteiger partial charge in [0.15, 0.2) is 0 Å². The van der Waals surface area contributed by atoms with Crippen LogP contribution in [0.2, 0.25) is 0 Å². The van der Waals surface area contributed by atoms with E-state index >= 15 is 0 Å². The van der Waals surface area contributed by atoms with Gasteiger partial charge in [-0.2, -0.15) is 10.1 Å². The molecule has 0 spiro atoms. The fourth-order valence-electron chi connectivity index (χ4n) is 3.39. The number of hydrogen-bond acceptors (Lipinski definition) is 4. The molecule has 2 heterocycles. The second-order valence-electron chi connectivity index (χ2n) is 6.11. The molecule has 2 atom stereocenters. The second kappa shape index (κ2) is 6.00. The summed E-state index contributed by atoms with van der Waals surface area (Å²) < 4.78 is 7.25. The lowest BCUT2D eigenvalue weighted by Gasteiger charge is -2.32.